The number of carbonyl (C=O) groups excluding carboxylic acids is 3. The van der Waals surface area contributed by atoms with Gasteiger partial charge in [-0.05, 0) is 94.9 Å². The van der Waals surface area contributed by atoms with E-state index in [-0.39, 0.29) is 71.8 Å². The van der Waals surface area contributed by atoms with Crippen molar-refractivity contribution in [3.8, 4) is 0 Å². The van der Waals surface area contributed by atoms with Crippen molar-refractivity contribution in [1.29, 1.82) is 0 Å². The van der Waals surface area contributed by atoms with Gasteiger partial charge in [-0.15, -0.1) is 12.4 Å². The van der Waals surface area contributed by atoms with Crippen LogP contribution in [0.3, 0.4) is 0 Å². The Labute approximate surface area is 386 Å². The third-order valence-electron chi connectivity index (χ3n) is 11.6. The fraction of sp³-hybridized carbons (Fsp3) is 0.426. The molecule has 0 spiro atoms. The van der Waals surface area contributed by atoms with Gasteiger partial charge in [-0.2, -0.15) is 0 Å². The van der Waals surface area contributed by atoms with E-state index in [0.29, 0.717) is 65.1 Å². The second-order valence-corrected chi connectivity index (χ2v) is 17.9. The molecule has 2 fully saturated rings. The largest absolute Gasteiger partial charge is 0.444 e. The van der Waals surface area contributed by atoms with Crippen LogP contribution in [0.5, 0.6) is 0 Å². The van der Waals surface area contributed by atoms with Crippen molar-refractivity contribution < 1.29 is 36.7 Å². The van der Waals surface area contributed by atoms with Gasteiger partial charge in [-0.3, -0.25) is 9.59 Å². The van der Waals surface area contributed by atoms with Crippen LogP contribution in [-0.4, -0.2) is 122 Å². The van der Waals surface area contributed by atoms with Gasteiger partial charge in [0.15, 0.2) is 11.6 Å². The van der Waals surface area contributed by atoms with E-state index in [9.17, 15) is 27.6 Å². The van der Waals surface area contributed by atoms with Gasteiger partial charge in [-0.1, -0.05) is 12.1 Å². The molecule has 2 aliphatic rings. The van der Waals surface area contributed by atoms with E-state index < -0.39 is 28.9 Å². The van der Waals surface area contributed by atoms with Gasteiger partial charge in [0.1, 0.15) is 41.2 Å². The topological polar surface area (TPSA) is 144 Å². The van der Waals surface area contributed by atoms with E-state index in [1.807, 2.05) is 25.3 Å². The number of likely N-dealkylation sites (tertiary alicyclic amines) is 1. The van der Waals surface area contributed by atoms with Crippen LogP contribution in [0.4, 0.5) is 22.4 Å². The van der Waals surface area contributed by atoms with Gasteiger partial charge in [0.25, 0.3) is 11.8 Å². The first-order valence-electron chi connectivity index (χ1n) is 21.6. The van der Waals surface area contributed by atoms with Crippen molar-refractivity contribution >= 4 is 52.4 Å². The number of fused-ring (bicyclic) bond motifs is 2. The molecule has 14 nitrogen and oxygen atoms in total. The fourth-order valence-electron chi connectivity index (χ4n) is 8.29. The van der Waals surface area contributed by atoms with Crippen LogP contribution in [0, 0.1) is 23.3 Å². The van der Waals surface area contributed by atoms with Gasteiger partial charge >= 0.3 is 6.09 Å². The third-order valence-corrected chi connectivity index (χ3v) is 11.6. The number of halogens is 5. The number of benzene rings is 2. The molecular weight excluding hydrogens is 880 g/mol. The van der Waals surface area contributed by atoms with E-state index in [0.717, 1.165) is 25.9 Å². The summed E-state index contributed by atoms with van der Waals surface area (Å²) in [6, 6.07) is 8.76. The van der Waals surface area contributed by atoms with E-state index in [2.05, 4.69) is 25.3 Å². The zero-order valence-corrected chi connectivity index (χ0v) is 38.9. The Hall–Kier alpha value is -6.14. The Balaban J connectivity index is 0.000000220. The summed E-state index contributed by atoms with van der Waals surface area (Å²) in [5, 5.41) is 3.88. The number of ether oxygens (including phenoxy) is 1. The van der Waals surface area contributed by atoms with E-state index in [1.54, 1.807) is 55.9 Å². The Morgan fingerprint density at radius 3 is 1.48 bits per heavy atom. The molecule has 3 amide bonds. The average Bonchev–Trinajstić information content (AvgIpc) is 3.81. The molecule has 66 heavy (non-hydrogen) atoms. The molecule has 6 aromatic rings. The highest BCUT2D eigenvalue weighted by Crippen LogP contribution is 2.32. The summed E-state index contributed by atoms with van der Waals surface area (Å²) in [5.41, 5.74) is 2.39. The van der Waals surface area contributed by atoms with Gasteiger partial charge in [0.05, 0.1) is 22.2 Å². The molecular formula is C47H55ClF4N10O4. The molecule has 0 bridgehead atoms. The number of nitrogens with one attached hydrogen (secondary N) is 1. The normalized spacial score (nSPS) is 14.7. The molecule has 0 saturated carbocycles. The molecule has 2 aromatic carbocycles. The highest BCUT2D eigenvalue weighted by atomic mass is 35.5. The lowest BCUT2D eigenvalue weighted by Gasteiger charge is -2.34. The summed E-state index contributed by atoms with van der Waals surface area (Å²) in [4.78, 5) is 58.0. The molecule has 0 aliphatic carbocycles. The molecule has 0 atom stereocenters. The lowest BCUT2D eigenvalue weighted by Crippen LogP contribution is -2.42. The quantitative estimate of drug-likeness (QED) is 0.151. The smallest absolute Gasteiger partial charge is 0.410 e. The monoisotopic (exact) mass is 934 g/mol. The van der Waals surface area contributed by atoms with Crippen LogP contribution in [0.25, 0.3) is 22.1 Å². The first kappa shape index (κ1) is 49.3. The molecule has 0 radical (unpaired) electrons. The van der Waals surface area contributed by atoms with Crippen LogP contribution in [0.2, 0.25) is 0 Å². The summed E-state index contributed by atoms with van der Waals surface area (Å²) < 4.78 is 68.5. The molecule has 19 heteroatoms. The number of amides is 3. The first-order chi connectivity index (χ1) is 30.9. The van der Waals surface area contributed by atoms with E-state index >= 15 is 4.39 Å². The average molecular weight is 935 g/mol. The molecule has 0 unspecified atom stereocenters. The molecule has 352 valence electrons. The Bertz CT molecular complexity index is 2720. The van der Waals surface area contributed by atoms with Gasteiger partial charge in [0.2, 0.25) is 0 Å². The Morgan fingerprint density at radius 1 is 0.667 bits per heavy atom. The minimum atomic E-state index is -0.567. The van der Waals surface area contributed by atoms with Gasteiger partial charge in [-0.25, -0.2) is 42.3 Å². The maximum absolute atomic E-state index is 15.1. The molecule has 2 saturated heterocycles. The summed E-state index contributed by atoms with van der Waals surface area (Å²) >= 11 is 0. The summed E-state index contributed by atoms with van der Waals surface area (Å²) in [6.07, 6.45) is 8.51. The second kappa shape index (κ2) is 20.6. The molecule has 1 N–H and O–H groups in total. The maximum atomic E-state index is 15.1. The molecule has 6 heterocycles. The number of hydrogen-bond donors (Lipinski definition) is 1. The highest BCUT2D eigenvalue weighted by molar-refractivity contribution is 5.94. The predicted octanol–water partition coefficient (Wildman–Crippen LogP) is 7.92. The van der Waals surface area contributed by atoms with Gasteiger partial charge in [0, 0.05) is 89.7 Å². The Kier molecular flexibility index (Phi) is 15.4. The van der Waals surface area contributed by atoms with Crippen LogP contribution < -0.4 is 5.32 Å². The number of nitrogens with zero attached hydrogens (tertiary/aromatic N) is 9. The highest BCUT2D eigenvalue weighted by Gasteiger charge is 2.30. The van der Waals surface area contributed by atoms with Crippen molar-refractivity contribution in [1.82, 2.24) is 49.1 Å². The number of rotatable bonds is 8. The van der Waals surface area contributed by atoms with Crippen molar-refractivity contribution in [3.05, 3.63) is 118 Å². The number of aromatic nitrogens is 6. The maximum Gasteiger partial charge on any atom is 0.410 e. The van der Waals surface area contributed by atoms with Crippen LogP contribution in [-0.2, 0) is 17.6 Å². The number of piperidine rings is 2. The summed E-state index contributed by atoms with van der Waals surface area (Å²) in [5.74, 6) is -2.51. The first-order valence-corrected chi connectivity index (χ1v) is 21.6. The number of hydrogen-bond acceptors (Lipinski definition) is 9. The van der Waals surface area contributed by atoms with Crippen molar-refractivity contribution in [2.45, 2.75) is 77.0 Å². The number of carbonyl (C=O) groups is 3. The third kappa shape index (κ3) is 10.9. The molecule has 8 rings (SSSR count). The zero-order chi connectivity index (χ0) is 46.7. The summed E-state index contributed by atoms with van der Waals surface area (Å²) in [7, 11) is 6.42. The minimum absolute atomic E-state index is 0. The zero-order valence-electron chi connectivity index (χ0n) is 38.1. The van der Waals surface area contributed by atoms with Crippen molar-refractivity contribution in [2.24, 2.45) is 0 Å². The Morgan fingerprint density at radius 2 is 1.09 bits per heavy atom. The van der Waals surface area contributed by atoms with E-state index in [4.69, 9.17) is 4.74 Å². The second-order valence-electron chi connectivity index (χ2n) is 17.9. The van der Waals surface area contributed by atoms with Gasteiger partial charge < -0.3 is 33.9 Å². The van der Waals surface area contributed by atoms with Crippen LogP contribution in [0.15, 0.2) is 61.4 Å². The molecule has 4 aromatic heterocycles. The van der Waals surface area contributed by atoms with Crippen LogP contribution in [0.1, 0.15) is 102 Å². The lowest BCUT2D eigenvalue weighted by atomic mass is 10.0. The predicted molar refractivity (Wildman–Crippen MR) is 244 cm³/mol. The summed E-state index contributed by atoms with van der Waals surface area (Å²) in [6.45, 7) is 8.22. The standard InChI is InChI=1S/C26H31F2N5O3.C21H23F2N5O.ClH/c1-26(2,3)36-25(35)32-10-8-18(9-11-32)33-14-20(28)22-21(29-15-30-23(22)33)13-16-6-7-17(12-19(16)27)24(34)31(4)5;1-27(2)21(29)14-4-3-13(16(22)9-14)10-18-19-17(23)11-28(20(19)26-12-25-18)15-5-7-24-8-6-15;/h6-7,12,14-15,18H,8-11,13H2,1-5H3;3-4,9,11-12,15,24H,5-8,10H2,1-2H3;1H. The van der Waals surface area contributed by atoms with E-state index in [1.165, 1.54) is 53.0 Å². The van der Waals surface area contributed by atoms with Crippen molar-refractivity contribution in [2.75, 3.05) is 54.4 Å². The van der Waals surface area contributed by atoms with Crippen LogP contribution >= 0.6 is 12.4 Å². The van der Waals surface area contributed by atoms with Crippen molar-refractivity contribution in [3.63, 3.8) is 0 Å². The fourth-order valence-corrected chi connectivity index (χ4v) is 8.29. The molecule has 2 aliphatic heterocycles. The SMILES string of the molecule is CN(C)C(=O)c1ccc(Cc2ncnc3c2c(F)cn3C2CCN(C(=O)OC(C)(C)C)CC2)c(F)c1.CN(C)C(=O)c1ccc(Cc2ncnc3c2c(F)cn3C2CCNCC2)c(F)c1.Cl. The lowest BCUT2D eigenvalue weighted by molar-refractivity contribution is 0.0189. The minimum Gasteiger partial charge on any atom is -0.444 e.